The molecule has 0 amide bonds. The van der Waals surface area contributed by atoms with Gasteiger partial charge in [-0.05, 0) is 60.5 Å². The molecule has 0 heterocycles. The molecule has 0 aliphatic carbocycles. The first-order valence-electron chi connectivity index (χ1n) is 8.99. The Morgan fingerprint density at radius 2 is 1.23 bits per heavy atom. The minimum atomic E-state index is -1.02. The van der Waals surface area contributed by atoms with Gasteiger partial charge in [-0.25, -0.2) is 9.59 Å². The van der Waals surface area contributed by atoms with Gasteiger partial charge in [-0.3, -0.25) is 14.8 Å². The summed E-state index contributed by atoms with van der Waals surface area (Å²) in [6.45, 7) is 0. The summed E-state index contributed by atoms with van der Waals surface area (Å²) in [7, 11) is 0. The lowest BCUT2D eigenvalue weighted by Gasteiger charge is -2.00. The van der Waals surface area contributed by atoms with Gasteiger partial charge in [0, 0.05) is 25.3 Å². The predicted octanol–water partition coefficient (Wildman–Crippen LogP) is 4.37. The van der Waals surface area contributed by atoms with Gasteiger partial charge in [-0.15, -0.1) is 0 Å². The van der Waals surface area contributed by atoms with Gasteiger partial charge >= 0.3 is 17.9 Å². The standard InChI is InChI=1S/C22H20N2O6/c25-20(26)12-3-15(14-24-19-10-6-17(7-11-19)22(29)30)2-1-13-23-18-8-4-16(5-9-18)21(27)28/h2,4-11,13-14H,1,3,12H2,(H,25,26)(H,27,28)(H,29,30)/b15-2+,23-13?,24-14?. The Kier molecular flexibility index (Phi) is 8.19. The number of carbonyl (C=O) groups is 3. The average molecular weight is 408 g/mol. The van der Waals surface area contributed by atoms with Crippen molar-refractivity contribution < 1.29 is 29.7 Å². The van der Waals surface area contributed by atoms with Gasteiger partial charge in [0.05, 0.1) is 22.5 Å². The summed E-state index contributed by atoms with van der Waals surface area (Å²) >= 11 is 0. The van der Waals surface area contributed by atoms with Crippen LogP contribution >= 0.6 is 0 Å². The molecular weight excluding hydrogens is 388 g/mol. The van der Waals surface area contributed by atoms with Crippen molar-refractivity contribution in [2.75, 3.05) is 0 Å². The van der Waals surface area contributed by atoms with Crippen LogP contribution < -0.4 is 0 Å². The van der Waals surface area contributed by atoms with Gasteiger partial charge in [-0.1, -0.05) is 6.08 Å². The molecule has 0 saturated heterocycles. The fourth-order valence-corrected chi connectivity index (χ4v) is 2.37. The van der Waals surface area contributed by atoms with Gasteiger partial charge in [0.2, 0.25) is 0 Å². The van der Waals surface area contributed by atoms with Crippen molar-refractivity contribution in [3.8, 4) is 0 Å². The Bertz CT molecular complexity index is 989. The first-order chi connectivity index (χ1) is 14.3. The number of carboxylic acid groups (broad SMARTS) is 3. The van der Waals surface area contributed by atoms with E-state index in [0.717, 1.165) is 0 Å². The van der Waals surface area contributed by atoms with Crippen molar-refractivity contribution in [2.24, 2.45) is 9.98 Å². The third-order valence-corrected chi connectivity index (χ3v) is 3.96. The summed E-state index contributed by atoms with van der Waals surface area (Å²) in [6, 6.07) is 12.1. The zero-order valence-corrected chi connectivity index (χ0v) is 15.9. The molecule has 0 atom stereocenters. The van der Waals surface area contributed by atoms with Crippen LogP contribution in [-0.4, -0.2) is 45.7 Å². The smallest absolute Gasteiger partial charge is 0.335 e. The van der Waals surface area contributed by atoms with Crippen LogP contribution in [0, 0.1) is 0 Å². The van der Waals surface area contributed by atoms with Gasteiger partial charge in [0.1, 0.15) is 0 Å². The largest absolute Gasteiger partial charge is 0.481 e. The van der Waals surface area contributed by atoms with E-state index in [9.17, 15) is 14.4 Å². The number of rotatable bonds is 10. The van der Waals surface area contributed by atoms with Crippen molar-refractivity contribution in [3.63, 3.8) is 0 Å². The van der Waals surface area contributed by atoms with Crippen LogP contribution in [0.15, 0.2) is 70.2 Å². The molecule has 3 N–H and O–H groups in total. The Morgan fingerprint density at radius 3 is 1.70 bits per heavy atom. The average Bonchev–Trinajstić information content (AvgIpc) is 2.73. The van der Waals surface area contributed by atoms with Gasteiger partial charge in [-0.2, -0.15) is 0 Å². The van der Waals surface area contributed by atoms with Gasteiger partial charge < -0.3 is 15.3 Å². The minimum Gasteiger partial charge on any atom is -0.481 e. The number of benzene rings is 2. The fraction of sp³-hybridized carbons (Fsp3) is 0.136. The van der Waals surface area contributed by atoms with Crippen molar-refractivity contribution in [2.45, 2.75) is 19.3 Å². The third-order valence-electron chi connectivity index (χ3n) is 3.96. The van der Waals surface area contributed by atoms with Crippen LogP contribution in [0.2, 0.25) is 0 Å². The van der Waals surface area contributed by atoms with E-state index in [2.05, 4.69) is 9.98 Å². The third kappa shape index (κ3) is 7.51. The molecule has 0 spiro atoms. The number of aliphatic carboxylic acids is 1. The second-order valence-corrected chi connectivity index (χ2v) is 6.18. The number of aliphatic imine (C=N–C) groups is 2. The molecule has 8 heteroatoms. The summed E-state index contributed by atoms with van der Waals surface area (Å²) in [6.07, 6.45) is 5.64. The molecule has 0 saturated carbocycles. The zero-order chi connectivity index (χ0) is 21.9. The van der Waals surface area contributed by atoms with Crippen LogP contribution in [0.1, 0.15) is 40.0 Å². The van der Waals surface area contributed by atoms with E-state index in [1.165, 1.54) is 24.3 Å². The molecule has 0 aliphatic heterocycles. The highest BCUT2D eigenvalue weighted by molar-refractivity contribution is 5.89. The van der Waals surface area contributed by atoms with Crippen LogP contribution in [0.25, 0.3) is 0 Å². The van der Waals surface area contributed by atoms with E-state index in [1.807, 2.05) is 0 Å². The maximum Gasteiger partial charge on any atom is 0.335 e. The minimum absolute atomic E-state index is 0.0520. The quantitative estimate of drug-likeness (QED) is 0.499. The lowest BCUT2D eigenvalue weighted by molar-refractivity contribution is -0.136. The molecule has 0 bridgehead atoms. The molecule has 0 fully saturated rings. The van der Waals surface area contributed by atoms with Gasteiger partial charge in [0.15, 0.2) is 0 Å². The number of allylic oxidation sites excluding steroid dienone is 2. The van der Waals surface area contributed by atoms with Crippen LogP contribution in [0.3, 0.4) is 0 Å². The maximum atomic E-state index is 10.9. The highest BCUT2D eigenvalue weighted by Gasteiger charge is 2.03. The zero-order valence-electron chi connectivity index (χ0n) is 15.9. The number of carboxylic acids is 3. The lowest BCUT2D eigenvalue weighted by atomic mass is 10.1. The maximum absolute atomic E-state index is 10.9. The summed E-state index contributed by atoms with van der Waals surface area (Å²) in [4.78, 5) is 41.1. The highest BCUT2D eigenvalue weighted by Crippen LogP contribution is 2.15. The molecule has 0 aromatic heterocycles. The van der Waals surface area contributed by atoms with E-state index in [-0.39, 0.29) is 24.0 Å². The Labute approximate surface area is 172 Å². The summed E-state index contributed by atoms with van der Waals surface area (Å²) < 4.78 is 0. The summed E-state index contributed by atoms with van der Waals surface area (Å²) in [5.41, 5.74) is 2.19. The lowest BCUT2D eigenvalue weighted by Crippen LogP contribution is -1.97. The van der Waals surface area contributed by atoms with E-state index >= 15 is 0 Å². The topological polar surface area (TPSA) is 137 Å². The number of aromatic carboxylic acids is 2. The number of hydrogen-bond donors (Lipinski definition) is 3. The van der Waals surface area contributed by atoms with Gasteiger partial charge in [0.25, 0.3) is 0 Å². The SMILES string of the molecule is O=C(O)CC/C(C=Nc1ccc(C(=O)O)cc1)=C\CC=Nc1ccc(C(=O)O)cc1. The number of nitrogens with zero attached hydrogens (tertiary/aromatic N) is 2. The van der Waals surface area contributed by atoms with Crippen LogP contribution in [0.5, 0.6) is 0 Å². The Hall–Kier alpha value is -4.07. The predicted molar refractivity (Wildman–Crippen MR) is 113 cm³/mol. The normalized spacial score (nSPS) is 11.8. The van der Waals surface area contributed by atoms with E-state index in [1.54, 1.807) is 42.8 Å². The molecule has 2 rings (SSSR count). The molecule has 2 aromatic rings. The molecular formula is C22H20N2O6. The molecule has 0 aliphatic rings. The van der Waals surface area contributed by atoms with Crippen molar-refractivity contribution in [3.05, 3.63) is 71.3 Å². The highest BCUT2D eigenvalue weighted by atomic mass is 16.4. The van der Waals surface area contributed by atoms with Crippen LogP contribution in [0.4, 0.5) is 11.4 Å². The van der Waals surface area contributed by atoms with E-state index in [0.29, 0.717) is 23.4 Å². The summed E-state index contributed by atoms with van der Waals surface area (Å²) in [5, 5.41) is 26.7. The molecule has 8 nitrogen and oxygen atoms in total. The van der Waals surface area contributed by atoms with Crippen molar-refractivity contribution in [1.29, 1.82) is 0 Å². The monoisotopic (exact) mass is 408 g/mol. The second kappa shape index (κ2) is 11.1. The number of hydrogen-bond acceptors (Lipinski definition) is 5. The first kappa shape index (κ1) is 22.2. The Morgan fingerprint density at radius 1 is 0.733 bits per heavy atom. The summed E-state index contributed by atoms with van der Waals surface area (Å²) in [5.74, 6) is -2.95. The first-order valence-corrected chi connectivity index (χ1v) is 8.99. The van der Waals surface area contributed by atoms with E-state index in [4.69, 9.17) is 15.3 Å². The van der Waals surface area contributed by atoms with E-state index < -0.39 is 17.9 Å². The molecule has 30 heavy (non-hydrogen) atoms. The molecule has 154 valence electrons. The van der Waals surface area contributed by atoms with Crippen molar-refractivity contribution >= 4 is 41.7 Å². The molecule has 0 unspecified atom stereocenters. The van der Waals surface area contributed by atoms with Crippen LogP contribution in [-0.2, 0) is 4.79 Å². The van der Waals surface area contributed by atoms with Crippen molar-refractivity contribution in [1.82, 2.24) is 0 Å². The Balaban J connectivity index is 2.05. The fourth-order valence-electron chi connectivity index (χ4n) is 2.37. The molecule has 0 radical (unpaired) electrons. The second-order valence-electron chi connectivity index (χ2n) is 6.18. The molecule has 2 aromatic carbocycles.